The normalized spacial score (nSPS) is 11.9. The minimum Gasteiger partial charge on any atom is -0.289 e. The highest BCUT2D eigenvalue weighted by molar-refractivity contribution is 9.11. The Labute approximate surface area is 229 Å². The molecule has 0 atom stereocenters. The van der Waals surface area contributed by atoms with Gasteiger partial charge < -0.3 is 0 Å². The first-order valence-corrected chi connectivity index (χ1v) is 13.7. The molecule has 0 saturated carbocycles. The van der Waals surface area contributed by atoms with Gasteiger partial charge in [-0.25, -0.2) is 0 Å². The van der Waals surface area contributed by atoms with E-state index < -0.39 is 0 Å². The van der Waals surface area contributed by atoms with E-state index in [4.69, 9.17) is 0 Å². The van der Waals surface area contributed by atoms with Crippen molar-refractivity contribution in [2.24, 2.45) is 0 Å². The zero-order chi connectivity index (χ0) is 25.8. The maximum Gasteiger partial charge on any atom is 0.193 e. The Balaban J connectivity index is 1.85. The van der Waals surface area contributed by atoms with Crippen LogP contribution in [-0.2, 0) is 5.41 Å². The molecule has 36 heavy (non-hydrogen) atoms. The lowest BCUT2D eigenvalue weighted by atomic mass is 9.84. The summed E-state index contributed by atoms with van der Waals surface area (Å²) in [6.07, 6.45) is 0. The molecule has 0 aliphatic heterocycles. The van der Waals surface area contributed by atoms with Crippen LogP contribution in [-0.4, -0.2) is 5.78 Å². The quantitative estimate of drug-likeness (QED) is 0.184. The van der Waals surface area contributed by atoms with E-state index in [-0.39, 0.29) is 11.2 Å². The molecule has 3 heteroatoms. The minimum atomic E-state index is 0.0250. The molecular formula is C33H28Br2O. The van der Waals surface area contributed by atoms with E-state index in [1.165, 1.54) is 21.9 Å². The third-order valence-electron chi connectivity index (χ3n) is 7.14. The predicted molar refractivity (Wildman–Crippen MR) is 161 cm³/mol. The van der Waals surface area contributed by atoms with Gasteiger partial charge in [0.05, 0.1) is 0 Å². The van der Waals surface area contributed by atoms with Crippen LogP contribution >= 0.6 is 31.9 Å². The number of rotatable bonds is 2. The van der Waals surface area contributed by atoms with E-state index in [0.29, 0.717) is 5.56 Å². The molecule has 5 aromatic rings. The first kappa shape index (κ1) is 24.9. The van der Waals surface area contributed by atoms with Gasteiger partial charge in [-0.2, -0.15) is 0 Å². The number of halogens is 2. The Hall–Kier alpha value is -2.75. The zero-order valence-electron chi connectivity index (χ0n) is 21.2. The molecule has 0 aliphatic carbocycles. The minimum absolute atomic E-state index is 0.0250. The van der Waals surface area contributed by atoms with Crippen LogP contribution in [0.15, 0.2) is 87.8 Å². The summed E-state index contributed by atoms with van der Waals surface area (Å²) in [5, 5.41) is 6.43. The number of aryl methyl sites for hydroxylation is 2. The van der Waals surface area contributed by atoms with Gasteiger partial charge in [0.15, 0.2) is 5.78 Å². The first-order valence-electron chi connectivity index (χ1n) is 12.1. The molecule has 180 valence electrons. The summed E-state index contributed by atoms with van der Waals surface area (Å²) in [6, 6.07) is 26.9. The molecule has 0 fully saturated rings. The maximum absolute atomic E-state index is 13.9. The number of ketones is 1. The van der Waals surface area contributed by atoms with Gasteiger partial charge in [-0.3, -0.25) is 4.79 Å². The van der Waals surface area contributed by atoms with Crippen LogP contribution in [0.25, 0.3) is 32.3 Å². The van der Waals surface area contributed by atoms with Crippen molar-refractivity contribution in [3.05, 3.63) is 116 Å². The fourth-order valence-electron chi connectivity index (χ4n) is 4.84. The van der Waals surface area contributed by atoms with Gasteiger partial charge in [-0.1, -0.05) is 101 Å². The molecular weight excluding hydrogens is 572 g/mol. The Morgan fingerprint density at radius 2 is 1.22 bits per heavy atom. The van der Waals surface area contributed by atoms with Crippen molar-refractivity contribution in [3.63, 3.8) is 0 Å². The highest BCUT2D eigenvalue weighted by Gasteiger charge is 2.18. The summed E-state index contributed by atoms with van der Waals surface area (Å²) < 4.78 is 1.99. The Bertz CT molecular complexity index is 1720. The summed E-state index contributed by atoms with van der Waals surface area (Å²) >= 11 is 7.77. The monoisotopic (exact) mass is 598 g/mol. The van der Waals surface area contributed by atoms with Crippen LogP contribution in [0.3, 0.4) is 0 Å². The van der Waals surface area contributed by atoms with Crippen molar-refractivity contribution in [1.29, 1.82) is 0 Å². The molecule has 5 rings (SSSR count). The third-order valence-corrected chi connectivity index (χ3v) is 8.45. The number of fused-ring (bicyclic) bond motifs is 5. The van der Waals surface area contributed by atoms with Crippen LogP contribution in [0.2, 0.25) is 0 Å². The third kappa shape index (κ3) is 4.44. The van der Waals surface area contributed by atoms with Crippen LogP contribution in [0.1, 0.15) is 53.4 Å². The molecule has 0 N–H and O–H groups in total. The summed E-state index contributed by atoms with van der Waals surface area (Å²) in [6.45, 7) is 11.0. The molecule has 0 aliphatic rings. The summed E-state index contributed by atoms with van der Waals surface area (Å²) in [7, 11) is 0. The summed E-state index contributed by atoms with van der Waals surface area (Å²) in [4.78, 5) is 13.9. The molecule has 0 unspecified atom stereocenters. The fourth-order valence-corrected chi connectivity index (χ4v) is 6.16. The lowest BCUT2D eigenvalue weighted by molar-refractivity contribution is 0.104. The predicted octanol–water partition coefficient (Wildman–Crippen LogP) is 10.4. The van der Waals surface area contributed by atoms with E-state index in [2.05, 4.69) is 90.7 Å². The standard InChI is InChI=1S/C33H28Br2O/c1-19-22-13-24(32(36)27-12-8-10-21-9-6-7-11-26(21)27)15-28(19)30(34)17-23-14-25(33(3,4)5)18-29(20(23)2)31(35)16-22/h6-18H,1-5H3. The summed E-state index contributed by atoms with van der Waals surface area (Å²) in [5.41, 5.74) is 5.06. The molecule has 0 amide bonds. The number of hydrogen-bond donors (Lipinski definition) is 0. The first-order chi connectivity index (χ1) is 17.0. The molecule has 0 spiro atoms. The van der Waals surface area contributed by atoms with Crippen molar-refractivity contribution in [1.82, 2.24) is 0 Å². The van der Waals surface area contributed by atoms with Gasteiger partial charge in [-0.15, -0.1) is 0 Å². The van der Waals surface area contributed by atoms with Gasteiger partial charge in [0, 0.05) is 20.1 Å². The second kappa shape index (κ2) is 9.28. The van der Waals surface area contributed by atoms with Crippen LogP contribution in [0, 0.1) is 13.8 Å². The molecule has 0 radical (unpaired) electrons. The fraction of sp³-hybridized carbons (Fsp3) is 0.182. The van der Waals surface area contributed by atoms with Gasteiger partial charge in [0.1, 0.15) is 0 Å². The Morgan fingerprint density at radius 3 is 1.89 bits per heavy atom. The van der Waals surface area contributed by atoms with Gasteiger partial charge in [-0.05, 0) is 98.6 Å². The van der Waals surface area contributed by atoms with Gasteiger partial charge >= 0.3 is 0 Å². The lowest BCUT2D eigenvalue weighted by Crippen LogP contribution is -2.11. The maximum atomic E-state index is 13.9. The van der Waals surface area contributed by atoms with E-state index in [1.54, 1.807) is 0 Å². The molecule has 0 saturated heterocycles. The molecule has 0 aromatic heterocycles. The Kier molecular flexibility index (Phi) is 6.43. The number of hydrogen-bond acceptors (Lipinski definition) is 1. The largest absolute Gasteiger partial charge is 0.289 e. The molecule has 5 aromatic carbocycles. The average molecular weight is 600 g/mol. The van der Waals surface area contributed by atoms with E-state index in [9.17, 15) is 4.79 Å². The smallest absolute Gasteiger partial charge is 0.193 e. The van der Waals surface area contributed by atoms with Crippen molar-refractivity contribution in [2.45, 2.75) is 40.0 Å². The van der Waals surface area contributed by atoms with E-state index >= 15 is 0 Å². The molecule has 1 nitrogen and oxygen atoms in total. The van der Waals surface area contributed by atoms with Gasteiger partial charge in [0.25, 0.3) is 0 Å². The van der Waals surface area contributed by atoms with E-state index in [1.807, 2.05) is 54.6 Å². The van der Waals surface area contributed by atoms with Crippen LogP contribution < -0.4 is 0 Å². The van der Waals surface area contributed by atoms with E-state index in [0.717, 1.165) is 41.6 Å². The second-order valence-electron chi connectivity index (χ2n) is 10.6. The van der Waals surface area contributed by atoms with Crippen molar-refractivity contribution >= 4 is 70.0 Å². The number of carbonyl (C=O) groups excluding carboxylic acids is 1. The average Bonchev–Trinajstić information content (AvgIpc) is 2.84. The lowest BCUT2D eigenvalue weighted by Gasteiger charge is -2.21. The number of benzene rings is 4. The molecule has 4 bridgehead atoms. The SMILES string of the molecule is Cc1c2cc(C(=O)c3cccc4ccccc34)cc1c(Br)cc1cc(C(C)(C)C)cc(c(Br)c2)c1C. The number of carbonyl (C=O) groups is 1. The highest BCUT2D eigenvalue weighted by Crippen LogP contribution is 2.35. The molecule has 0 heterocycles. The van der Waals surface area contributed by atoms with Crippen molar-refractivity contribution in [3.8, 4) is 0 Å². The second-order valence-corrected chi connectivity index (χ2v) is 12.3. The van der Waals surface area contributed by atoms with Gasteiger partial charge in [0.2, 0.25) is 0 Å². The zero-order valence-corrected chi connectivity index (χ0v) is 24.3. The van der Waals surface area contributed by atoms with Crippen molar-refractivity contribution in [2.75, 3.05) is 0 Å². The Morgan fingerprint density at radius 1 is 0.639 bits per heavy atom. The van der Waals surface area contributed by atoms with Crippen molar-refractivity contribution < 1.29 is 4.79 Å². The highest BCUT2D eigenvalue weighted by atomic mass is 79.9. The van der Waals surface area contributed by atoms with Crippen LogP contribution in [0.5, 0.6) is 0 Å². The van der Waals surface area contributed by atoms with Crippen LogP contribution in [0.4, 0.5) is 0 Å². The summed E-state index contributed by atoms with van der Waals surface area (Å²) in [5.74, 6) is 0.0286. The topological polar surface area (TPSA) is 17.1 Å².